The van der Waals surface area contributed by atoms with Crippen molar-refractivity contribution in [2.45, 2.75) is 49.5 Å². The quantitative estimate of drug-likeness (QED) is 0.383. The minimum Gasteiger partial charge on any atom is -0.367 e. The lowest BCUT2D eigenvalue weighted by Crippen LogP contribution is -2.37. The molecule has 4 nitrogen and oxygen atoms in total. The second-order valence-electron chi connectivity index (χ2n) is 9.93. The Hall–Kier alpha value is -2.50. The molecule has 3 aromatic rings. The van der Waals surface area contributed by atoms with Gasteiger partial charge in [0.1, 0.15) is 17.3 Å². The highest BCUT2D eigenvalue weighted by Gasteiger charge is 2.68. The number of fused-ring (bicyclic) bond motifs is 2. The number of epoxide rings is 1. The summed E-state index contributed by atoms with van der Waals surface area (Å²) in [6.07, 6.45) is 0.843. The number of rotatable bonds is 6. The Bertz CT molecular complexity index is 996. The summed E-state index contributed by atoms with van der Waals surface area (Å²) in [7, 11) is 0. The maximum absolute atomic E-state index is 7.08. The molecular weight excluding hydrogens is 412 g/mol. The van der Waals surface area contributed by atoms with Crippen molar-refractivity contribution in [1.29, 1.82) is 0 Å². The average Bonchev–Trinajstić information content (AvgIpc) is 3.49. The molecule has 4 heteroatoms. The molecule has 1 saturated carbocycles. The summed E-state index contributed by atoms with van der Waals surface area (Å²) in [5, 5.41) is 0. The highest BCUT2D eigenvalue weighted by atomic mass is 16.8. The van der Waals surface area contributed by atoms with Crippen LogP contribution in [0.5, 0.6) is 0 Å². The smallest absolute Gasteiger partial charge is 0.163 e. The number of benzene rings is 3. The third-order valence-corrected chi connectivity index (χ3v) is 7.29. The molecular formula is C29H30O4. The van der Waals surface area contributed by atoms with Gasteiger partial charge in [0.2, 0.25) is 0 Å². The summed E-state index contributed by atoms with van der Waals surface area (Å²) in [6.45, 7) is 5.26. The molecule has 0 amide bonds. The predicted molar refractivity (Wildman–Crippen MR) is 126 cm³/mol. The second kappa shape index (κ2) is 7.78. The monoisotopic (exact) mass is 442 g/mol. The molecule has 1 aliphatic carbocycles. The van der Waals surface area contributed by atoms with Crippen LogP contribution in [0.3, 0.4) is 0 Å². The molecule has 1 spiro atoms. The van der Waals surface area contributed by atoms with Gasteiger partial charge in [0.05, 0.1) is 19.3 Å². The maximum Gasteiger partial charge on any atom is 0.163 e. The lowest BCUT2D eigenvalue weighted by molar-refractivity contribution is -0.166. The zero-order chi connectivity index (χ0) is 22.5. The van der Waals surface area contributed by atoms with Gasteiger partial charge in [0, 0.05) is 5.92 Å². The van der Waals surface area contributed by atoms with E-state index in [0.29, 0.717) is 6.61 Å². The van der Waals surface area contributed by atoms with Crippen LogP contribution >= 0.6 is 0 Å². The number of ether oxygens (including phenoxy) is 4. The molecule has 0 N–H and O–H groups in total. The van der Waals surface area contributed by atoms with Gasteiger partial charge < -0.3 is 18.9 Å². The van der Waals surface area contributed by atoms with Gasteiger partial charge in [0.15, 0.2) is 5.79 Å². The second-order valence-corrected chi connectivity index (χ2v) is 9.93. The normalized spacial score (nSPS) is 29.8. The third kappa shape index (κ3) is 3.53. The van der Waals surface area contributed by atoms with E-state index in [1.54, 1.807) is 0 Å². The molecule has 2 saturated heterocycles. The minimum absolute atomic E-state index is 0.0254. The first-order valence-electron chi connectivity index (χ1n) is 11.8. The van der Waals surface area contributed by atoms with Crippen LogP contribution < -0.4 is 0 Å². The van der Waals surface area contributed by atoms with E-state index in [1.807, 2.05) is 32.0 Å². The van der Waals surface area contributed by atoms with Crippen LogP contribution in [0.2, 0.25) is 0 Å². The highest BCUT2D eigenvalue weighted by molar-refractivity contribution is 5.47. The maximum atomic E-state index is 7.08. The standard InChI is InChI=1S/C29H30O4/c1-27(2)32-25-21(18-28(20-31-28)26(25)33-27)19-30-29(22-12-6-3-7-13-22,23-14-8-4-9-15-23)24-16-10-5-11-17-24/h3-17,21,25-26H,18-20H2,1-2H3/t21-,25-,26-,28-/m1/s1. The van der Waals surface area contributed by atoms with Crippen molar-refractivity contribution in [3.05, 3.63) is 108 Å². The largest absolute Gasteiger partial charge is 0.367 e. The van der Waals surface area contributed by atoms with Crippen LogP contribution in [0.4, 0.5) is 0 Å². The van der Waals surface area contributed by atoms with Crippen LogP contribution in [0.25, 0.3) is 0 Å². The van der Waals surface area contributed by atoms with Crippen molar-refractivity contribution in [1.82, 2.24) is 0 Å². The summed E-state index contributed by atoms with van der Waals surface area (Å²) >= 11 is 0. The lowest BCUT2D eigenvalue weighted by Gasteiger charge is -2.37. The fraction of sp³-hybridized carbons (Fsp3) is 0.379. The summed E-state index contributed by atoms with van der Waals surface area (Å²) in [5.41, 5.74) is 2.39. The van der Waals surface area contributed by atoms with E-state index in [2.05, 4.69) is 72.8 Å². The fourth-order valence-electron chi connectivity index (χ4n) is 5.75. The third-order valence-electron chi connectivity index (χ3n) is 7.29. The van der Waals surface area contributed by atoms with Crippen molar-refractivity contribution in [2.24, 2.45) is 5.92 Å². The predicted octanol–water partition coefficient (Wildman–Crippen LogP) is 5.30. The molecule has 2 aliphatic heterocycles. The highest BCUT2D eigenvalue weighted by Crippen LogP contribution is 2.55. The van der Waals surface area contributed by atoms with Crippen molar-refractivity contribution >= 4 is 0 Å². The first-order valence-corrected chi connectivity index (χ1v) is 11.8. The zero-order valence-electron chi connectivity index (χ0n) is 19.1. The summed E-state index contributed by atoms with van der Waals surface area (Å²) in [6, 6.07) is 31.5. The molecule has 33 heavy (non-hydrogen) atoms. The Morgan fingerprint density at radius 3 is 1.73 bits per heavy atom. The van der Waals surface area contributed by atoms with Crippen LogP contribution in [0.15, 0.2) is 91.0 Å². The van der Waals surface area contributed by atoms with Crippen molar-refractivity contribution in [2.75, 3.05) is 13.2 Å². The molecule has 2 heterocycles. The SMILES string of the molecule is CC1(C)O[C@@H]2[C@@H](COC(c3ccccc3)(c3ccccc3)c3ccccc3)C[C@@]3(CO3)[C@@H]2O1. The van der Waals surface area contributed by atoms with Crippen LogP contribution in [-0.4, -0.2) is 36.8 Å². The molecule has 6 rings (SSSR count). The molecule has 0 radical (unpaired) electrons. The average molecular weight is 443 g/mol. The van der Waals surface area contributed by atoms with Crippen molar-refractivity contribution in [3.63, 3.8) is 0 Å². The first-order chi connectivity index (χ1) is 16.0. The van der Waals surface area contributed by atoms with E-state index in [1.165, 1.54) is 0 Å². The van der Waals surface area contributed by atoms with Gasteiger partial charge in [-0.3, -0.25) is 0 Å². The van der Waals surface area contributed by atoms with Gasteiger partial charge in [-0.1, -0.05) is 91.0 Å². The van der Waals surface area contributed by atoms with E-state index >= 15 is 0 Å². The Labute approximate surface area is 195 Å². The number of hydrogen-bond acceptors (Lipinski definition) is 4. The Kier molecular flexibility index (Phi) is 4.96. The molecule has 0 unspecified atom stereocenters. The van der Waals surface area contributed by atoms with E-state index in [9.17, 15) is 0 Å². The van der Waals surface area contributed by atoms with Gasteiger partial charge in [-0.15, -0.1) is 0 Å². The van der Waals surface area contributed by atoms with Crippen molar-refractivity contribution in [3.8, 4) is 0 Å². The molecule has 3 aliphatic rings. The van der Waals surface area contributed by atoms with Gasteiger partial charge >= 0.3 is 0 Å². The van der Waals surface area contributed by atoms with Gasteiger partial charge in [-0.05, 0) is 37.0 Å². The topological polar surface area (TPSA) is 40.2 Å². The van der Waals surface area contributed by atoms with E-state index in [0.717, 1.165) is 29.7 Å². The van der Waals surface area contributed by atoms with E-state index in [-0.39, 0.29) is 23.7 Å². The van der Waals surface area contributed by atoms with Crippen LogP contribution in [-0.2, 0) is 24.5 Å². The summed E-state index contributed by atoms with van der Waals surface area (Å²) in [4.78, 5) is 0. The van der Waals surface area contributed by atoms with Crippen LogP contribution in [0.1, 0.15) is 37.0 Å². The Morgan fingerprint density at radius 1 is 0.788 bits per heavy atom. The molecule has 0 aromatic heterocycles. The lowest BCUT2D eigenvalue weighted by atomic mass is 9.80. The van der Waals surface area contributed by atoms with Gasteiger partial charge in [-0.2, -0.15) is 0 Å². The van der Waals surface area contributed by atoms with Gasteiger partial charge in [-0.25, -0.2) is 0 Å². The summed E-state index contributed by atoms with van der Waals surface area (Å²) < 4.78 is 25.6. The Morgan fingerprint density at radius 2 is 1.27 bits per heavy atom. The molecule has 3 aromatic carbocycles. The van der Waals surface area contributed by atoms with Crippen molar-refractivity contribution < 1.29 is 18.9 Å². The van der Waals surface area contributed by atoms with Gasteiger partial charge in [0.25, 0.3) is 0 Å². The molecule has 170 valence electrons. The minimum atomic E-state index is -0.728. The molecule has 3 fully saturated rings. The molecule has 4 atom stereocenters. The zero-order valence-corrected chi connectivity index (χ0v) is 19.1. The first kappa shape index (κ1) is 21.1. The Balaban J connectivity index is 1.40. The van der Waals surface area contributed by atoms with Crippen LogP contribution in [0, 0.1) is 5.92 Å². The number of hydrogen-bond donors (Lipinski definition) is 0. The van der Waals surface area contributed by atoms with E-state index in [4.69, 9.17) is 18.9 Å². The summed E-state index contributed by atoms with van der Waals surface area (Å²) in [5.74, 6) is -0.405. The molecule has 0 bridgehead atoms. The fourth-order valence-corrected chi connectivity index (χ4v) is 5.75. The van der Waals surface area contributed by atoms with E-state index < -0.39 is 11.4 Å².